The molecular formula is C13H17NO4. The third-order valence-electron chi connectivity index (χ3n) is 2.55. The molecule has 0 unspecified atom stereocenters. The molecule has 2 N–H and O–H groups in total. The fourth-order valence-electron chi connectivity index (χ4n) is 1.46. The van der Waals surface area contributed by atoms with Crippen LogP contribution in [0.3, 0.4) is 0 Å². The molecule has 0 radical (unpaired) electrons. The molecule has 1 amide bonds. The molecule has 0 aliphatic heterocycles. The van der Waals surface area contributed by atoms with Gasteiger partial charge in [0.25, 0.3) is 0 Å². The summed E-state index contributed by atoms with van der Waals surface area (Å²) in [5.41, 5.74) is 0.937. The predicted molar refractivity (Wildman–Crippen MR) is 66.3 cm³/mol. The number of ether oxygens (including phenoxy) is 1. The van der Waals surface area contributed by atoms with Crippen LogP contribution in [0.25, 0.3) is 0 Å². The van der Waals surface area contributed by atoms with Crippen molar-refractivity contribution in [3.05, 3.63) is 29.8 Å². The lowest BCUT2D eigenvalue weighted by molar-refractivity contribution is -0.140. The summed E-state index contributed by atoms with van der Waals surface area (Å²) in [6, 6.07) is 7.31. The number of carboxylic acids is 1. The Morgan fingerprint density at radius 1 is 1.33 bits per heavy atom. The van der Waals surface area contributed by atoms with Crippen LogP contribution in [0, 0.1) is 5.92 Å². The van der Waals surface area contributed by atoms with E-state index in [1.54, 1.807) is 14.0 Å². The number of aliphatic carboxylic acids is 1. The minimum Gasteiger partial charge on any atom is -0.497 e. The predicted octanol–water partition coefficient (Wildman–Crippen LogP) is 1.42. The van der Waals surface area contributed by atoms with Crippen molar-refractivity contribution < 1.29 is 19.4 Å². The molecule has 0 saturated heterocycles. The number of hydrogen-bond donors (Lipinski definition) is 2. The van der Waals surface area contributed by atoms with Gasteiger partial charge >= 0.3 is 5.97 Å². The smallest absolute Gasteiger partial charge is 0.304 e. The number of benzene rings is 1. The van der Waals surface area contributed by atoms with E-state index in [-0.39, 0.29) is 12.3 Å². The Morgan fingerprint density at radius 2 is 1.94 bits per heavy atom. The summed E-state index contributed by atoms with van der Waals surface area (Å²) in [7, 11) is 1.59. The molecule has 5 heteroatoms. The number of methoxy groups -OCH3 is 1. The summed E-state index contributed by atoms with van der Waals surface area (Å²) in [5.74, 6) is -1.000. The number of carboxylic acid groups (broad SMARTS) is 1. The molecule has 0 fully saturated rings. The van der Waals surface area contributed by atoms with Crippen LogP contribution in [-0.2, 0) is 16.1 Å². The SMILES string of the molecule is COc1ccc(CNC(=O)[C@@H](C)CC(=O)O)cc1. The van der Waals surface area contributed by atoms with Gasteiger partial charge in [-0.15, -0.1) is 0 Å². The monoisotopic (exact) mass is 251 g/mol. The van der Waals surface area contributed by atoms with Gasteiger partial charge in [0.1, 0.15) is 5.75 Å². The van der Waals surface area contributed by atoms with Crippen molar-refractivity contribution in [3.63, 3.8) is 0 Å². The van der Waals surface area contributed by atoms with Gasteiger partial charge in [-0.25, -0.2) is 0 Å². The van der Waals surface area contributed by atoms with E-state index in [0.717, 1.165) is 11.3 Å². The van der Waals surface area contributed by atoms with Crippen molar-refractivity contribution in [2.45, 2.75) is 19.9 Å². The minimum absolute atomic E-state index is 0.158. The van der Waals surface area contributed by atoms with Gasteiger partial charge in [0, 0.05) is 12.5 Å². The van der Waals surface area contributed by atoms with Crippen LogP contribution in [0.5, 0.6) is 5.75 Å². The molecule has 5 nitrogen and oxygen atoms in total. The lowest BCUT2D eigenvalue weighted by Gasteiger charge is -2.10. The van der Waals surface area contributed by atoms with Crippen molar-refractivity contribution in [2.24, 2.45) is 5.92 Å². The van der Waals surface area contributed by atoms with Crippen LogP contribution in [0.4, 0.5) is 0 Å². The van der Waals surface area contributed by atoms with Gasteiger partial charge in [-0.3, -0.25) is 9.59 Å². The Labute approximate surface area is 106 Å². The first kappa shape index (κ1) is 14.0. The van der Waals surface area contributed by atoms with Gasteiger partial charge in [-0.2, -0.15) is 0 Å². The maximum absolute atomic E-state index is 11.6. The van der Waals surface area contributed by atoms with E-state index in [1.165, 1.54) is 0 Å². The van der Waals surface area contributed by atoms with E-state index in [9.17, 15) is 9.59 Å². The Balaban J connectivity index is 2.44. The Morgan fingerprint density at radius 3 is 2.44 bits per heavy atom. The number of amides is 1. The highest BCUT2D eigenvalue weighted by molar-refractivity contribution is 5.82. The van der Waals surface area contributed by atoms with Gasteiger partial charge in [-0.05, 0) is 17.7 Å². The summed E-state index contributed by atoms with van der Waals surface area (Å²) in [6.45, 7) is 1.98. The van der Waals surface area contributed by atoms with E-state index in [4.69, 9.17) is 9.84 Å². The molecule has 1 atom stereocenters. The number of hydrogen-bond acceptors (Lipinski definition) is 3. The van der Waals surface area contributed by atoms with Gasteiger partial charge in [0.15, 0.2) is 0 Å². The largest absolute Gasteiger partial charge is 0.497 e. The standard InChI is InChI=1S/C13H17NO4/c1-9(7-12(15)16)13(17)14-8-10-3-5-11(18-2)6-4-10/h3-6,9H,7-8H2,1-2H3,(H,14,17)(H,15,16)/t9-/m0/s1. The molecule has 98 valence electrons. The van der Waals surface area contributed by atoms with Crippen molar-refractivity contribution in [1.29, 1.82) is 0 Å². The molecule has 0 spiro atoms. The number of nitrogens with one attached hydrogen (secondary N) is 1. The average Bonchev–Trinajstić information content (AvgIpc) is 2.35. The second kappa shape index (κ2) is 6.64. The first-order chi connectivity index (χ1) is 8.52. The minimum atomic E-state index is -0.970. The fourth-order valence-corrected chi connectivity index (χ4v) is 1.46. The van der Waals surface area contributed by atoms with Gasteiger partial charge < -0.3 is 15.2 Å². The topological polar surface area (TPSA) is 75.6 Å². The number of rotatable bonds is 6. The normalized spacial score (nSPS) is 11.7. The molecule has 1 aromatic carbocycles. The van der Waals surface area contributed by atoms with Crippen molar-refractivity contribution in [2.75, 3.05) is 7.11 Å². The third-order valence-corrected chi connectivity index (χ3v) is 2.55. The summed E-state index contributed by atoms with van der Waals surface area (Å²) in [5, 5.41) is 11.3. The van der Waals surface area contributed by atoms with E-state index < -0.39 is 11.9 Å². The highest BCUT2D eigenvalue weighted by Crippen LogP contribution is 2.11. The average molecular weight is 251 g/mol. The highest BCUT2D eigenvalue weighted by atomic mass is 16.5. The third kappa shape index (κ3) is 4.45. The zero-order valence-electron chi connectivity index (χ0n) is 10.5. The summed E-state index contributed by atoms with van der Waals surface area (Å²) in [6.07, 6.45) is -0.158. The molecule has 0 aliphatic carbocycles. The zero-order chi connectivity index (χ0) is 13.5. The van der Waals surface area contributed by atoms with E-state index in [0.29, 0.717) is 6.54 Å². The molecule has 0 heterocycles. The summed E-state index contributed by atoms with van der Waals surface area (Å²) < 4.78 is 5.02. The van der Waals surface area contributed by atoms with Gasteiger partial charge in [0.2, 0.25) is 5.91 Å². The van der Waals surface area contributed by atoms with Crippen LogP contribution >= 0.6 is 0 Å². The first-order valence-electron chi connectivity index (χ1n) is 5.65. The molecule has 1 aromatic rings. The fraction of sp³-hybridized carbons (Fsp3) is 0.385. The van der Waals surface area contributed by atoms with Gasteiger partial charge in [0.05, 0.1) is 13.5 Å². The molecular weight excluding hydrogens is 234 g/mol. The van der Waals surface area contributed by atoms with E-state index in [2.05, 4.69) is 5.32 Å². The summed E-state index contributed by atoms with van der Waals surface area (Å²) in [4.78, 5) is 22.0. The van der Waals surface area contributed by atoms with Gasteiger partial charge in [-0.1, -0.05) is 19.1 Å². The Hall–Kier alpha value is -2.04. The van der Waals surface area contributed by atoms with Crippen LogP contribution in [0.1, 0.15) is 18.9 Å². The molecule has 0 aliphatic rings. The van der Waals surface area contributed by atoms with Crippen molar-refractivity contribution >= 4 is 11.9 Å². The van der Waals surface area contributed by atoms with Crippen LogP contribution in [0.2, 0.25) is 0 Å². The molecule has 0 aromatic heterocycles. The van der Waals surface area contributed by atoms with E-state index >= 15 is 0 Å². The lowest BCUT2D eigenvalue weighted by atomic mass is 10.1. The van der Waals surface area contributed by atoms with Crippen molar-refractivity contribution in [3.8, 4) is 5.75 Å². The van der Waals surface area contributed by atoms with Crippen molar-refractivity contribution in [1.82, 2.24) is 5.32 Å². The molecule has 1 rings (SSSR count). The molecule has 18 heavy (non-hydrogen) atoms. The zero-order valence-corrected chi connectivity index (χ0v) is 10.5. The first-order valence-corrected chi connectivity index (χ1v) is 5.65. The Kier molecular flexibility index (Phi) is 5.17. The maximum atomic E-state index is 11.6. The molecule has 0 bridgehead atoms. The van der Waals surface area contributed by atoms with E-state index in [1.807, 2.05) is 24.3 Å². The van der Waals surface area contributed by atoms with Crippen LogP contribution in [-0.4, -0.2) is 24.1 Å². The maximum Gasteiger partial charge on any atom is 0.304 e. The highest BCUT2D eigenvalue weighted by Gasteiger charge is 2.15. The lowest BCUT2D eigenvalue weighted by Crippen LogP contribution is -2.30. The molecule has 0 saturated carbocycles. The number of carbonyl (C=O) groups excluding carboxylic acids is 1. The Bertz CT molecular complexity index is 414. The summed E-state index contributed by atoms with van der Waals surface area (Å²) >= 11 is 0. The second-order valence-corrected chi connectivity index (χ2v) is 4.06. The number of carbonyl (C=O) groups is 2. The van der Waals surface area contributed by atoms with Crippen LogP contribution < -0.4 is 10.1 Å². The van der Waals surface area contributed by atoms with Crippen LogP contribution in [0.15, 0.2) is 24.3 Å². The quantitative estimate of drug-likeness (QED) is 0.801. The second-order valence-electron chi connectivity index (χ2n) is 4.06.